The SMILES string of the molecule is CNC(=O)c1cc(-c2ccnc(N)n2)[nH]c1Br. The van der Waals surface area contributed by atoms with Crippen LogP contribution in [0.15, 0.2) is 22.9 Å². The van der Waals surface area contributed by atoms with E-state index in [0.29, 0.717) is 21.6 Å². The molecule has 17 heavy (non-hydrogen) atoms. The normalized spacial score (nSPS) is 10.2. The summed E-state index contributed by atoms with van der Waals surface area (Å²) in [5, 5.41) is 2.55. The average Bonchev–Trinajstić information content (AvgIpc) is 2.70. The number of amides is 1. The lowest BCUT2D eigenvalue weighted by atomic mass is 10.2. The van der Waals surface area contributed by atoms with Gasteiger partial charge in [0, 0.05) is 13.2 Å². The summed E-state index contributed by atoms with van der Waals surface area (Å²) in [6.07, 6.45) is 1.56. The minimum atomic E-state index is -0.179. The van der Waals surface area contributed by atoms with Crippen LogP contribution in [0.25, 0.3) is 11.4 Å². The topological polar surface area (TPSA) is 96.7 Å². The van der Waals surface area contributed by atoms with E-state index in [1.165, 1.54) is 0 Å². The maximum absolute atomic E-state index is 11.5. The highest BCUT2D eigenvalue weighted by Gasteiger charge is 2.14. The second-order valence-electron chi connectivity index (χ2n) is 3.29. The van der Waals surface area contributed by atoms with Crippen LogP contribution in [0, 0.1) is 0 Å². The molecule has 0 spiro atoms. The van der Waals surface area contributed by atoms with E-state index in [9.17, 15) is 4.79 Å². The van der Waals surface area contributed by atoms with Crippen molar-refractivity contribution in [2.45, 2.75) is 0 Å². The molecule has 7 heteroatoms. The molecule has 1 amide bonds. The summed E-state index contributed by atoms with van der Waals surface area (Å²) in [7, 11) is 1.57. The van der Waals surface area contributed by atoms with Gasteiger partial charge in [0.1, 0.15) is 0 Å². The molecule has 4 N–H and O–H groups in total. The fraction of sp³-hybridized carbons (Fsp3) is 0.100. The molecule has 0 saturated heterocycles. The van der Waals surface area contributed by atoms with Crippen LogP contribution in [0.1, 0.15) is 10.4 Å². The number of nitrogens with one attached hydrogen (secondary N) is 2. The summed E-state index contributed by atoms with van der Waals surface area (Å²) in [5.41, 5.74) is 7.34. The second kappa shape index (κ2) is 4.54. The van der Waals surface area contributed by atoms with Crippen LogP contribution in [-0.4, -0.2) is 27.9 Å². The van der Waals surface area contributed by atoms with Gasteiger partial charge in [0.25, 0.3) is 5.91 Å². The molecule has 2 heterocycles. The molecule has 0 aliphatic carbocycles. The molecule has 6 nitrogen and oxygen atoms in total. The van der Waals surface area contributed by atoms with E-state index in [1.807, 2.05) is 0 Å². The van der Waals surface area contributed by atoms with Gasteiger partial charge >= 0.3 is 0 Å². The Balaban J connectivity index is 2.44. The third-order valence-electron chi connectivity index (χ3n) is 2.19. The van der Waals surface area contributed by atoms with Crippen LogP contribution >= 0.6 is 15.9 Å². The van der Waals surface area contributed by atoms with Crippen molar-refractivity contribution in [3.05, 3.63) is 28.5 Å². The van der Waals surface area contributed by atoms with E-state index >= 15 is 0 Å². The number of hydrogen-bond donors (Lipinski definition) is 3. The Morgan fingerprint density at radius 3 is 3.00 bits per heavy atom. The van der Waals surface area contributed by atoms with Crippen LogP contribution in [0.3, 0.4) is 0 Å². The number of H-pyrrole nitrogens is 1. The summed E-state index contributed by atoms with van der Waals surface area (Å²) in [5.74, 6) is 0.0103. The van der Waals surface area contributed by atoms with Crippen LogP contribution in [0.4, 0.5) is 5.95 Å². The number of hydrogen-bond acceptors (Lipinski definition) is 4. The van der Waals surface area contributed by atoms with E-state index in [2.05, 4.69) is 36.2 Å². The van der Waals surface area contributed by atoms with Crippen molar-refractivity contribution >= 4 is 27.8 Å². The molecule has 2 aromatic heterocycles. The Kier molecular flexibility index (Phi) is 3.10. The van der Waals surface area contributed by atoms with Crippen molar-refractivity contribution in [3.63, 3.8) is 0 Å². The van der Waals surface area contributed by atoms with Crippen molar-refractivity contribution in [3.8, 4) is 11.4 Å². The summed E-state index contributed by atoms with van der Waals surface area (Å²) < 4.78 is 0.601. The number of aromatic nitrogens is 3. The standard InChI is InChI=1S/C10H10BrN5O/c1-13-9(17)5-4-7(15-8(5)11)6-2-3-14-10(12)16-6/h2-4,15H,1H3,(H,13,17)(H2,12,14,16). The predicted octanol–water partition coefficient (Wildman–Crippen LogP) is 1.18. The number of rotatable bonds is 2. The maximum Gasteiger partial charge on any atom is 0.253 e. The third kappa shape index (κ3) is 2.28. The molecule has 0 radical (unpaired) electrons. The van der Waals surface area contributed by atoms with Crippen molar-refractivity contribution < 1.29 is 4.79 Å². The molecule has 2 aromatic rings. The number of nitrogens with zero attached hydrogens (tertiary/aromatic N) is 2. The summed E-state index contributed by atoms with van der Waals surface area (Å²) in [6, 6.07) is 3.41. The summed E-state index contributed by atoms with van der Waals surface area (Å²) in [6.45, 7) is 0. The highest BCUT2D eigenvalue weighted by Crippen LogP contribution is 2.24. The number of nitrogen functional groups attached to an aromatic ring is 1. The first kappa shape index (κ1) is 11.6. The first-order chi connectivity index (χ1) is 8.11. The van der Waals surface area contributed by atoms with Gasteiger partial charge in [-0.25, -0.2) is 9.97 Å². The quantitative estimate of drug-likeness (QED) is 0.775. The fourth-order valence-corrected chi connectivity index (χ4v) is 1.90. The van der Waals surface area contributed by atoms with Gasteiger partial charge in [-0.2, -0.15) is 0 Å². The number of carbonyl (C=O) groups excluding carboxylic acids is 1. The van der Waals surface area contributed by atoms with E-state index in [4.69, 9.17) is 5.73 Å². The lowest BCUT2D eigenvalue weighted by molar-refractivity contribution is 0.0962. The number of carbonyl (C=O) groups is 1. The molecule has 88 valence electrons. The van der Waals surface area contributed by atoms with Crippen molar-refractivity contribution in [2.75, 3.05) is 12.8 Å². The van der Waals surface area contributed by atoms with Gasteiger partial charge in [0.05, 0.1) is 21.6 Å². The Labute approximate surface area is 106 Å². The first-order valence-electron chi connectivity index (χ1n) is 4.81. The zero-order chi connectivity index (χ0) is 12.4. The monoisotopic (exact) mass is 295 g/mol. The Morgan fingerprint density at radius 2 is 2.35 bits per heavy atom. The lowest BCUT2D eigenvalue weighted by Gasteiger charge is -1.96. The first-order valence-corrected chi connectivity index (χ1v) is 5.60. The molecule has 0 aromatic carbocycles. The average molecular weight is 296 g/mol. The summed E-state index contributed by atoms with van der Waals surface area (Å²) >= 11 is 3.28. The van der Waals surface area contributed by atoms with Gasteiger partial charge in [-0.15, -0.1) is 0 Å². The van der Waals surface area contributed by atoms with Crippen molar-refractivity contribution in [1.82, 2.24) is 20.3 Å². The predicted molar refractivity (Wildman–Crippen MR) is 67.3 cm³/mol. The largest absolute Gasteiger partial charge is 0.368 e. The lowest BCUT2D eigenvalue weighted by Crippen LogP contribution is -2.17. The Morgan fingerprint density at radius 1 is 1.59 bits per heavy atom. The fourth-order valence-electron chi connectivity index (χ4n) is 1.39. The molecular weight excluding hydrogens is 286 g/mol. The molecule has 0 aliphatic rings. The zero-order valence-electron chi connectivity index (χ0n) is 8.99. The van der Waals surface area contributed by atoms with Crippen molar-refractivity contribution in [2.24, 2.45) is 0 Å². The van der Waals surface area contributed by atoms with E-state index in [-0.39, 0.29) is 11.9 Å². The molecule has 0 fully saturated rings. The maximum atomic E-state index is 11.5. The summed E-state index contributed by atoms with van der Waals surface area (Å²) in [4.78, 5) is 22.4. The van der Waals surface area contributed by atoms with Gasteiger partial charge in [0.2, 0.25) is 5.95 Å². The van der Waals surface area contributed by atoms with Crippen LogP contribution in [0.2, 0.25) is 0 Å². The van der Waals surface area contributed by atoms with E-state index in [1.54, 1.807) is 25.4 Å². The number of anilines is 1. The Bertz CT molecular complexity index is 566. The van der Waals surface area contributed by atoms with Crippen LogP contribution in [-0.2, 0) is 0 Å². The molecule has 2 rings (SSSR count). The van der Waals surface area contributed by atoms with E-state index in [0.717, 1.165) is 0 Å². The molecule has 0 aliphatic heterocycles. The third-order valence-corrected chi connectivity index (χ3v) is 2.82. The van der Waals surface area contributed by atoms with Crippen LogP contribution < -0.4 is 11.1 Å². The van der Waals surface area contributed by atoms with Gasteiger partial charge in [0.15, 0.2) is 0 Å². The Hall–Kier alpha value is -1.89. The minimum Gasteiger partial charge on any atom is -0.368 e. The van der Waals surface area contributed by atoms with E-state index < -0.39 is 0 Å². The molecule has 0 atom stereocenters. The van der Waals surface area contributed by atoms with Gasteiger partial charge in [-0.1, -0.05) is 0 Å². The van der Waals surface area contributed by atoms with Gasteiger partial charge < -0.3 is 16.0 Å². The van der Waals surface area contributed by atoms with Crippen LogP contribution in [0.5, 0.6) is 0 Å². The smallest absolute Gasteiger partial charge is 0.253 e. The minimum absolute atomic E-state index is 0.179. The highest BCUT2D eigenvalue weighted by atomic mass is 79.9. The molecular formula is C10H10BrN5O. The van der Waals surface area contributed by atoms with Gasteiger partial charge in [-0.05, 0) is 28.1 Å². The second-order valence-corrected chi connectivity index (χ2v) is 4.08. The molecule has 0 bridgehead atoms. The highest BCUT2D eigenvalue weighted by molar-refractivity contribution is 9.10. The van der Waals surface area contributed by atoms with Gasteiger partial charge in [-0.3, -0.25) is 4.79 Å². The van der Waals surface area contributed by atoms with Crippen molar-refractivity contribution in [1.29, 1.82) is 0 Å². The zero-order valence-corrected chi connectivity index (χ0v) is 10.6. The number of halogens is 1. The molecule has 0 unspecified atom stereocenters. The molecule has 0 saturated carbocycles. The number of nitrogens with two attached hydrogens (primary N) is 1. The number of aromatic amines is 1.